The van der Waals surface area contributed by atoms with Gasteiger partial charge in [-0.3, -0.25) is 28.7 Å². The van der Waals surface area contributed by atoms with Crippen LogP contribution < -0.4 is 16.2 Å². The van der Waals surface area contributed by atoms with Crippen LogP contribution >= 0.6 is 23.2 Å². The fraction of sp³-hybridized carbons (Fsp3) is 0.231. The molecule has 0 unspecified atom stereocenters. The van der Waals surface area contributed by atoms with Crippen molar-refractivity contribution in [3.8, 4) is 5.69 Å². The van der Waals surface area contributed by atoms with E-state index in [0.29, 0.717) is 16.3 Å². The molecule has 0 bridgehead atoms. The number of amides is 1. The van der Waals surface area contributed by atoms with E-state index >= 15 is 0 Å². The first-order chi connectivity index (χ1) is 22.3. The third-order valence-corrected chi connectivity index (χ3v) is 6.27. The number of carbonyl (C=O) groups excluding carboxylic acids is 3. The van der Waals surface area contributed by atoms with Gasteiger partial charge in [0.1, 0.15) is 30.0 Å². The number of ketones is 2. The molecule has 0 aliphatic carbocycles. The van der Waals surface area contributed by atoms with Crippen LogP contribution in [0, 0.1) is 0 Å². The smallest absolute Gasteiger partial charge is 0.359 e. The zero-order valence-corrected chi connectivity index (χ0v) is 25.0. The summed E-state index contributed by atoms with van der Waals surface area (Å²) in [5, 5.41) is 9.40. The molecular formula is C26H18Cl2F8N8O4. The molecule has 0 saturated carbocycles. The Balaban J connectivity index is 0.000000444. The molecule has 4 rings (SSSR count). The monoisotopic (exact) mass is 728 g/mol. The molecule has 0 radical (unpaired) electrons. The van der Waals surface area contributed by atoms with E-state index in [0.717, 1.165) is 10.8 Å². The number of anilines is 1. The Morgan fingerprint density at radius 3 is 2.12 bits per heavy atom. The van der Waals surface area contributed by atoms with Crippen LogP contribution in [0.1, 0.15) is 11.3 Å². The van der Waals surface area contributed by atoms with Crippen molar-refractivity contribution >= 4 is 46.5 Å². The summed E-state index contributed by atoms with van der Waals surface area (Å²) in [5.74, 6) is -11.1. The average molecular weight is 729 g/mol. The number of carbonyl (C=O) groups is 3. The first kappa shape index (κ1) is 37.5. The van der Waals surface area contributed by atoms with Crippen LogP contribution in [-0.2, 0) is 33.4 Å². The number of hydrogen-bond donors (Lipinski definition) is 2. The number of rotatable bonds is 10. The highest BCUT2D eigenvalue weighted by Gasteiger charge is 2.54. The fourth-order valence-electron chi connectivity index (χ4n) is 3.50. The van der Waals surface area contributed by atoms with Crippen molar-refractivity contribution in [2.24, 2.45) is 0 Å². The molecule has 0 atom stereocenters. The molecule has 0 spiro atoms. The lowest BCUT2D eigenvalue weighted by atomic mass is 10.1. The van der Waals surface area contributed by atoms with Crippen molar-refractivity contribution in [3.05, 3.63) is 93.2 Å². The van der Waals surface area contributed by atoms with Gasteiger partial charge in [0.2, 0.25) is 5.91 Å². The number of benzene rings is 1. The van der Waals surface area contributed by atoms with Crippen molar-refractivity contribution in [2.75, 3.05) is 11.9 Å². The van der Waals surface area contributed by atoms with Crippen LogP contribution in [-0.4, -0.2) is 65.7 Å². The van der Waals surface area contributed by atoms with Crippen LogP contribution in [0.5, 0.6) is 0 Å². The maximum absolute atomic E-state index is 14.4. The molecule has 3 heterocycles. The van der Waals surface area contributed by atoms with Crippen LogP contribution in [0.2, 0.25) is 10.2 Å². The Bertz CT molecular complexity index is 1800. The van der Waals surface area contributed by atoms with Crippen molar-refractivity contribution in [1.29, 1.82) is 0 Å². The first-order valence-corrected chi connectivity index (χ1v) is 13.5. The van der Waals surface area contributed by atoms with E-state index < -0.39 is 60.1 Å². The van der Waals surface area contributed by atoms with Crippen LogP contribution in [0.3, 0.4) is 0 Å². The Kier molecular flexibility index (Phi) is 11.9. The second-order valence-corrected chi connectivity index (χ2v) is 9.96. The van der Waals surface area contributed by atoms with Gasteiger partial charge in [-0.2, -0.15) is 40.2 Å². The summed E-state index contributed by atoms with van der Waals surface area (Å²) in [6.45, 7) is -1.34. The number of halogens is 10. The molecule has 4 aromatic rings. The summed E-state index contributed by atoms with van der Waals surface area (Å²) < 4.78 is 98.2. The minimum absolute atomic E-state index is 0.0629. The SMILES string of the molecule is O=C(C(=O)C(F)(F)F)C(F)(F)F.O=C(Cn1c(Cl)cnc(NCC(F)(F)c2ccccn2)c1=O)NCc1cc(Cl)ccc1-n1cncn1. The second-order valence-electron chi connectivity index (χ2n) is 9.14. The molecule has 1 aromatic carbocycles. The van der Waals surface area contributed by atoms with E-state index in [-0.39, 0.29) is 17.5 Å². The van der Waals surface area contributed by atoms with E-state index in [1.54, 1.807) is 18.2 Å². The molecule has 48 heavy (non-hydrogen) atoms. The van der Waals surface area contributed by atoms with Crippen molar-refractivity contribution in [3.63, 3.8) is 0 Å². The van der Waals surface area contributed by atoms with Gasteiger partial charge in [-0.05, 0) is 35.9 Å². The van der Waals surface area contributed by atoms with E-state index in [1.165, 1.54) is 41.7 Å². The molecule has 0 aliphatic rings. The summed E-state index contributed by atoms with van der Waals surface area (Å²) in [6.07, 6.45) is -6.34. The van der Waals surface area contributed by atoms with Gasteiger partial charge in [-0.15, -0.1) is 0 Å². The zero-order valence-electron chi connectivity index (χ0n) is 23.5. The zero-order chi connectivity index (χ0) is 35.9. The largest absolute Gasteiger partial charge is 0.458 e. The minimum atomic E-state index is -5.77. The van der Waals surface area contributed by atoms with Gasteiger partial charge in [-0.25, -0.2) is 14.6 Å². The normalized spacial score (nSPS) is 11.7. The maximum atomic E-state index is 14.4. The number of pyridine rings is 1. The van der Waals surface area contributed by atoms with Crippen LogP contribution in [0.25, 0.3) is 5.69 Å². The summed E-state index contributed by atoms with van der Waals surface area (Å²) in [6, 6.07) is 9.18. The summed E-state index contributed by atoms with van der Waals surface area (Å²) in [7, 11) is 0. The fourth-order valence-corrected chi connectivity index (χ4v) is 3.88. The van der Waals surface area contributed by atoms with E-state index in [9.17, 15) is 54.3 Å². The lowest BCUT2D eigenvalue weighted by molar-refractivity contribution is -0.193. The number of alkyl halides is 8. The van der Waals surface area contributed by atoms with Gasteiger partial charge in [0.25, 0.3) is 5.56 Å². The van der Waals surface area contributed by atoms with Crippen LogP contribution in [0.4, 0.5) is 40.9 Å². The van der Waals surface area contributed by atoms with Crippen LogP contribution in [0.15, 0.2) is 66.2 Å². The Morgan fingerprint density at radius 1 is 0.896 bits per heavy atom. The van der Waals surface area contributed by atoms with Gasteiger partial charge in [0, 0.05) is 17.8 Å². The highest BCUT2D eigenvalue weighted by Crippen LogP contribution is 2.26. The van der Waals surface area contributed by atoms with Crippen molar-refractivity contribution in [2.45, 2.75) is 31.4 Å². The number of nitrogens with one attached hydrogen (secondary N) is 2. The number of hydrogen-bond acceptors (Lipinski definition) is 9. The average Bonchev–Trinajstić information content (AvgIpc) is 3.56. The van der Waals surface area contributed by atoms with E-state index in [2.05, 4.69) is 30.7 Å². The van der Waals surface area contributed by atoms with Crippen molar-refractivity contribution in [1.82, 2.24) is 34.6 Å². The third kappa shape index (κ3) is 10.0. The lowest BCUT2D eigenvalue weighted by Gasteiger charge is -2.17. The topological polar surface area (TPSA) is 154 Å². The quantitative estimate of drug-likeness (QED) is 0.180. The lowest BCUT2D eigenvalue weighted by Crippen LogP contribution is -2.39. The predicted octanol–water partition coefficient (Wildman–Crippen LogP) is 4.30. The first-order valence-electron chi connectivity index (χ1n) is 12.7. The molecule has 2 N–H and O–H groups in total. The third-order valence-electron chi connectivity index (χ3n) is 5.73. The molecule has 0 aliphatic heterocycles. The molecule has 256 valence electrons. The van der Waals surface area contributed by atoms with E-state index in [4.69, 9.17) is 23.2 Å². The standard InChI is InChI=1S/C22H18Cl2F2N8O2.C4F6O2/c23-15-4-5-16(34-13-27-12-32-34)14(7-15)8-29-19(35)10-33-18(24)9-30-20(21(33)36)31-11-22(25,26)17-3-1-2-6-28-17;5-3(6,7)1(11)2(12)4(8,9)10/h1-7,9,12-13H,8,10-11H2,(H,29,35)(H,30,31);. The summed E-state index contributed by atoms with van der Waals surface area (Å²) >= 11 is 12.2. The maximum Gasteiger partial charge on any atom is 0.458 e. The molecule has 0 fully saturated rings. The minimum Gasteiger partial charge on any atom is -0.359 e. The Labute approximate surface area is 272 Å². The highest BCUT2D eigenvalue weighted by atomic mass is 35.5. The molecule has 3 aromatic heterocycles. The van der Waals surface area contributed by atoms with Gasteiger partial charge >= 0.3 is 29.8 Å². The predicted molar refractivity (Wildman–Crippen MR) is 150 cm³/mol. The van der Waals surface area contributed by atoms with Gasteiger partial charge in [0.15, 0.2) is 5.82 Å². The van der Waals surface area contributed by atoms with Crippen molar-refractivity contribution < 1.29 is 49.5 Å². The second kappa shape index (κ2) is 15.3. The molecule has 12 nitrogen and oxygen atoms in total. The Hall–Kier alpha value is -4.98. The summed E-state index contributed by atoms with van der Waals surface area (Å²) in [4.78, 5) is 56.0. The highest BCUT2D eigenvalue weighted by molar-refractivity contribution is 6.41. The molecule has 22 heteroatoms. The number of aromatic nitrogens is 6. The van der Waals surface area contributed by atoms with Gasteiger partial charge < -0.3 is 10.6 Å². The number of Topliss-reactive ketones (excluding diaryl/α,β-unsaturated/α-hetero) is 2. The summed E-state index contributed by atoms with van der Waals surface area (Å²) in [5.41, 5.74) is 0.00300. The molecular weight excluding hydrogens is 711 g/mol. The number of nitrogens with zero attached hydrogens (tertiary/aromatic N) is 6. The van der Waals surface area contributed by atoms with E-state index in [1.807, 2.05) is 0 Å². The molecule has 1 amide bonds. The Morgan fingerprint density at radius 2 is 1.56 bits per heavy atom. The van der Waals surface area contributed by atoms with Gasteiger partial charge in [-0.1, -0.05) is 29.3 Å². The van der Waals surface area contributed by atoms with Gasteiger partial charge in [0.05, 0.1) is 18.4 Å². The molecule has 0 saturated heterocycles.